The molecule has 1 heterocycles. The minimum Gasteiger partial charge on any atom is -0.492 e. The van der Waals surface area contributed by atoms with Gasteiger partial charge in [-0.3, -0.25) is 9.69 Å². The van der Waals surface area contributed by atoms with E-state index >= 15 is 0 Å². The summed E-state index contributed by atoms with van der Waals surface area (Å²) in [6, 6.07) is 19.4. The zero-order valence-corrected chi connectivity index (χ0v) is 14.0. The summed E-state index contributed by atoms with van der Waals surface area (Å²) in [5.74, 6) is 0.776. The molecule has 1 fully saturated rings. The smallest absolute Gasteiger partial charge is 0.221 e. The SMILES string of the molecule is N#Cc1cccc(OCCN2CCNC(=O)C[C@H]2c2ccccc2)c1. The van der Waals surface area contributed by atoms with Gasteiger partial charge >= 0.3 is 0 Å². The molecular weight excluding hydrogens is 314 g/mol. The van der Waals surface area contributed by atoms with Crippen molar-refractivity contribution < 1.29 is 9.53 Å². The van der Waals surface area contributed by atoms with Gasteiger partial charge in [-0.1, -0.05) is 36.4 Å². The van der Waals surface area contributed by atoms with Crippen LogP contribution >= 0.6 is 0 Å². The monoisotopic (exact) mass is 335 g/mol. The Hall–Kier alpha value is -2.84. The molecule has 0 saturated carbocycles. The molecule has 128 valence electrons. The van der Waals surface area contributed by atoms with Crippen LogP contribution in [0.15, 0.2) is 54.6 Å². The molecule has 0 spiro atoms. The molecule has 1 amide bonds. The molecule has 2 aromatic carbocycles. The van der Waals surface area contributed by atoms with Crippen molar-refractivity contribution in [3.8, 4) is 11.8 Å². The number of hydrogen-bond acceptors (Lipinski definition) is 4. The number of nitriles is 1. The number of rotatable bonds is 5. The Morgan fingerprint density at radius 3 is 2.84 bits per heavy atom. The van der Waals surface area contributed by atoms with Crippen LogP contribution in [0, 0.1) is 11.3 Å². The summed E-state index contributed by atoms with van der Waals surface area (Å²) in [7, 11) is 0. The molecule has 3 rings (SSSR count). The molecular formula is C20H21N3O2. The highest BCUT2D eigenvalue weighted by Crippen LogP contribution is 2.25. The predicted octanol–water partition coefficient (Wildman–Crippen LogP) is 2.50. The fraction of sp³-hybridized carbons (Fsp3) is 0.300. The Bertz CT molecular complexity index is 755. The molecule has 25 heavy (non-hydrogen) atoms. The van der Waals surface area contributed by atoms with E-state index < -0.39 is 0 Å². The highest BCUT2D eigenvalue weighted by Gasteiger charge is 2.25. The Morgan fingerprint density at radius 2 is 2.04 bits per heavy atom. The number of nitrogens with one attached hydrogen (secondary N) is 1. The zero-order chi connectivity index (χ0) is 17.5. The van der Waals surface area contributed by atoms with E-state index in [9.17, 15) is 4.79 Å². The van der Waals surface area contributed by atoms with Crippen molar-refractivity contribution >= 4 is 5.91 Å². The molecule has 0 bridgehead atoms. The van der Waals surface area contributed by atoms with E-state index in [4.69, 9.17) is 10.00 Å². The fourth-order valence-corrected chi connectivity index (χ4v) is 3.08. The van der Waals surface area contributed by atoms with Gasteiger partial charge in [-0.2, -0.15) is 5.26 Å². The van der Waals surface area contributed by atoms with Crippen LogP contribution < -0.4 is 10.1 Å². The van der Waals surface area contributed by atoms with Crippen LogP contribution in [-0.2, 0) is 4.79 Å². The average molecular weight is 335 g/mol. The van der Waals surface area contributed by atoms with Gasteiger partial charge in [-0.25, -0.2) is 0 Å². The molecule has 0 unspecified atom stereocenters. The minimum absolute atomic E-state index is 0.0535. The number of benzene rings is 2. The standard InChI is InChI=1S/C20H21N3O2/c21-15-16-5-4-8-18(13-16)25-12-11-23-10-9-22-20(24)14-19(23)17-6-2-1-3-7-17/h1-8,13,19H,9-12,14H2,(H,22,24)/t19-/m0/s1. The molecule has 5 nitrogen and oxygen atoms in total. The molecule has 1 saturated heterocycles. The molecule has 1 aliphatic rings. The third kappa shape index (κ3) is 4.59. The average Bonchev–Trinajstić information content (AvgIpc) is 2.84. The maximum absolute atomic E-state index is 12.0. The number of carbonyl (C=O) groups excluding carboxylic acids is 1. The van der Waals surface area contributed by atoms with Gasteiger partial charge in [-0.15, -0.1) is 0 Å². The molecule has 1 atom stereocenters. The van der Waals surface area contributed by atoms with Gasteiger partial charge in [0.05, 0.1) is 11.6 Å². The summed E-state index contributed by atoms with van der Waals surface area (Å²) in [6.45, 7) is 2.65. The lowest BCUT2D eigenvalue weighted by Gasteiger charge is -2.29. The van der Waals surface area contributed by atoms with Crippen molar-refractivity contribution in [2.75, 3.05) is 26.2 Å². The first-order valence-electron chi connectivity index (χ1n) is 8.45. The number of amides is 1. The second-order valence-electron chi connectivity index (χ2n) is 6.00. The lowest BCUT2D eigenvalue weighted by molar-refractivity contribution is -0.121. The Labute approximate surface area is 147 Å². The van der Waals surface area contributed by atoms with E-state index in [1.165, 1.54) is 0 Å². The van der Waals surface area contributed by atoms with Gasteiger partial charge in [0.2, 0.25) is 5.91 Å². The minimum atomic E-state index is 0.0535. The third-order valence-corrected chi connectivity index (χ3v) is 4.34. The van der Waals surface area contributed by atoms with Gasteiger partial charge in [0.1, 0.15) is 12.4 Å². The maximum Gasteiger partial charge on any atom is 0.221 e. The van der Waals surface area contributed by atoms with Crippen LogP contribution in [0.25, 0.3) is 0 Å². The second kappa shape index (κ2) is 8.32. The topological polar surface area (TPSA) is 65.4 Å². The molecule has 1 N–H and O–H groups in total. The number of hydrogen-bond donors (Lipinski definition) is 1. The number of ether oxygens (including phenoxy) is 1. The Balaban J connectivity index is 1.65. The first-order chi connectivity index (χ1) is 12.3. The number of nitrogens with zero attached hydrogens (tertiary/aromatic N) is 2. The fourth-order valence-electron chi connectivity index (χ4n) is 3.08. The molecule has 2 aromatic rings. The van der Waals surface area contributed by atoms with E-state index in [0.29, 0.717) is 37.4 Å². The van der Waals surface area contributed by atoms with Crippen LogP contribution in [0.2, 0.25) is 0 Å². The summed E-state index contributed by atoms with van der Waals surface area (Å²) >= 11 is 0. The van der Waals surface area contributed by atoms with Crippen molar-refractivity contribution in [3.05, 3.63) is 65.7 Å². The molecule has 1 aliphatic heterocycles. The summed E-state index contributed by atoms with van der Waals surface area (Å²) in [4.78, 5) is 14.3. The van der Waals surface area contributed by atoms with Crippen molar-refractivity contribution in [2.45, 2.75) is 12.5 Å². The van der Waals surface area contributed by atoms with Crippen LogP contribution in [0.5, 0.6) is 5.75 Å². The van der Waals surface area contributed by atoms with Crippen LogP contribution in [0.1, 0.15) is 23.6 Å². The van der Waals surface area contributed by atoms with E-state index in [1.54, 1.807) is 12.1 Å². The largest absolute Gasteiger partial charge is 0.492 e. The first-order valence-corrected chi connectivity index (χ1v) is 8.45. The molecule has 0 radical (unpaired) electrons. The van der Waals surface area contributed by atoms with Gasteiger partial charge in [0.25, 0.3) is 0 Å². The van der Waals surface area contributed by atoms with E-state index in [2.05, 4.69) is 28.4 Å². The van der Waals surface area contributed by atoms with Crippen molar-refractivity contribution in [2.24, 2.45) is 0 Å². The highest BCUT2D eigenvalue weighted by atomic mass is 16.5. The van der Waals surface area contributed by atoms with Gasteiger partial charge in [0, 0.05) is 32.1 Å². The van der Waals surface area contributed by atoms with Crippen molar-refractivity contribution in [3.63, 3.8) is 0 Å². The first kappa shape index (κ1) is 17.0. The molecule has 0 aliphatic carbocycles. The third-order valence-electron chi connectivity index (χ3n) is 4.34. The highest BCUT2D eigenvalue weighted by molar-refractivity contribution is 5.77. The summed E-state index contributed by atoms with van der Waals surface area (Å²) in [5.41, 5.74) is 1.73. The summed E-state index contributed by atoms with van der Waals surface area (Å²) < 4.78 is 5.80. The molecule has 5 heteroatoms. The normalized spacial score (nSPS) is 18.0. The molecule has 0 aromatic heterocycles. The van der Waals surface area contributed by atoms with Gasteiger partial charge < -0.3 is 10.1 Å². The summed E-state index contributed by atoms with van der Waals surface area (Å²) in [6.07, 6.45) is 0.452. The van der Waals surface area contributed by atoms with Crippen molar-refractivity contribution in [1.29, 1.82) is 5.26 Å². The van der Waals surface area contributed by atoms with Crippen LogP contribution in [0.4, 0.5) is 0 Å². The van der Waals surface area contributed by atoms with E-state index in [-0.39, 0.29) is 11.9 Å². The maximum atomic E-state index is 12.0. The van der Waals surface area contributed by atoms with Gasteiger partial charge in [-0.05, 0) is 23.8 Å². The summed E-state index contributed by atoms with van der Waals surface area (Å²) in [5, 5.41) is 11.9. The lowest BCUT2D eigenvalue weighted by atomic mass is 10.0. The van der Waals surface area contributed by atoms with Crippen LogP contribution in [-0.4, -0.2) is 37.0 Å². The zero-order valence-electron chi connectivity index (χ0n) is 14.0. The number of carbonyl (C=O) groups is 1. The van der Waals surface area contributed by atoms with Crippen LogP contribution in [0.3, 0.4) is 0 Å². The Morgan fingerprint density at radius 1 is 1.20 bits per heavy atom. The lowest BCUT2D eigenvalue weighted by Crippen LogP contribution is -2.34. The predicted molar refractivity (Wildman–Crippen MR) is 95.0 cm³/mol. The van der Waals surface area contributed by atoms with E-state index in [1.807, 2.05) is 30.3 Å². The van der Waals surface area contributed by atoms with Gasteiger partial charge in [0.15, 0.2) is 0 Å². The second-order valence-corrected chi connectivity index (χ2v) is 6.00. The van der Waals surface area contributed by atoms with E-state index in [0.717, 1.165) is 12.1 Å². The Kier molecular flexibility index (Phi) is 5.65. The quantitative estimate of drug-likeness (QED) is 0.912. The van der Waals surface area contributed by atoms with Crippen molar-refractivity contribution in [1.82, 2.24) is 10.2 Å².